The van der Waals surface area contributed by atoms with Crippen molar-refractivity contribution in [1.29, 1.82) is 0 Å². The van der Waals surface area contributed by atoms with Crippen molar-refractivity contribution in [1.82, 2.24) is 14.7 Å². The van der Waals surface area contributed by atoms with Gasteiger partial charge in [0.15, 0.2) is 0 Å². The quantitative estimate of drug-likeness (QED) is 0.749. The van der Waals surface area contributed by atoms with Crippen molar-refractivity contribution in [2.45, 2.75) is 45.8 Å². The van der Waals surface area contributed by atoms with Crippen LogP contribution in [0.2, 0.25) is 0 Å². The van der Waals surface area contributed by atoms with Crippen LogP contribution in [0, 0.1) is 5.92 Å². The summed E-state index contributed by atoms with van der Waals surface area (Å²) in [4.78, 5) is 30.5. The molecule has 7 heteroatoms. The summed E-state index contributed by atoms with van der Waals surface area (Å²) in [5.41, 5.74) is 0.553. The van der Waals surface area contributed by atoms with E-state index in [0.29, 0.717) is 25.6 Å². The zero-order valence-corrected chi connectivity index (χ0v) is 18.5. The fourth-order valence-electron chi connectivity index (χ4n) is 3.91. The van der Waals surface area contributed by atoms with E-state index < -0.39 is 5.60 Å². The van der Waals surface area contributed by atoms with E-state index in [1.54, 1.807) is 4.90 Å². The molecule has 0 aliphatic carbocycles. The third-order valence-corrected chi connectivity index (χ3v) is 5.62. The number of piperazine rings is 1. The molecule has 0 atom stereocenters. The number of rotatable bonds is 4. The number of ether oxygens (including phenoxy) is 2. The van der Waals surface area contributed by atoms with Crippen molar-refractivity contribution in [2.24, 2.45) is 5.92 Å². The van der Waals surface area contributed by atoms with Gasteiger partial charge in [-0.15, -0.1) is 0 Å². The Labute approximate surface area is 179 Å². The highest BCUT2D eigenvalue weighted by Crippen LogP contribution is 2.21. The molecule has 0 bridgehead atoms. The molecule has 2 heterocycles. The van der Waals surface area contributed by atoms with E-state index in [1.807, 2.05) is 56.0 Å². The van der Waals surface area contributed by atoms with Crippen LogP contribution in [0.1, 0.15) is 39.2 Å². The fraction of sp³-hybridized carbons (Fsp3) is 0.652. The Balaban J connectivity index is 1.33. The summed E-state index contributed by atoms with van der Waals surface area (Å²) in [5, 5.41) is 0. The third kappa shape index (κ3) is 6.90. The lowest BCUT2D eigenvalue weighted by atomic mass is 9.96. The first kappa shape index (κ1) is 22.4. The van der Waals surface area contributed by atoms with Crippen molar-refractivity contribution in [3.63, 3.8) is 0 Å². The highest BCUT2D eigenvalue weighted by Gasteiger charge is 2.29. The SMILES string of the molecule is CC(C)(C)OC(=O)N1CCC(CN2CCN(C(=O)OCc3ccccc3)CC2)CC1. The molecule has 3 rings (SSSR count). The Morgan fingerprint density at radius 1 is 0.900 bits per heavy atom. The molecule has 2 aliphatic rings. The average Bonchev–Trinajstić information content (AvgIpc) is 2.72. The Kier molecular flexibility index (Phi) is 7.58. The molecule has 1 aromatic carbocycles. The van der Waals surface area contributed by atoms with Crippen molar-refractivity contribution in [3.8, 4) is 0 Å². The Morgan fingerprint density at radius 2 is 1.50 bits per heavy atom. The predicted octanol–water partition coefficient (Wildman–Crippen LogP) is 3.59. The first-order valence-electron chi connectivity index (χ1n) is 11.0. The number of hydrogen-bond acceptors (Lipinski definition) is 5. The minimum absolute atomic E-state index is 0.205. The summed E-state index contributed by atoms with van der Waals surface area (Å²) >= 11 is 0. The van der Waals surface area contributed by atoms with Gasteiger partial charge in [-0.1, -0.05) is 30.3 Å². The van der Waals surface area contributed by atoms with Crippen LogP contribution in [-0.4, -0.2) is 78.3 Å². The minimum atomic E-state index is -0.449. The Bertz CT molecular complexity index is 688. The van der Waals surface area contributed by atoms with Gasteiger partial charge in [-0.3, -0.25) is 4.90 Å². The smallest absolute Gasteiger partial charge is 0.410 e. The Morgan fingerprint density at radius 3 is 2.10 bits per heavy atom. The molecule has 7 nitrogen and oxygen atoms in total. The number of benzene rings is 1. The topological polar surface area (TPSA) is 62.3 Å². The zero-order valence-electron chi connectivity index (χ0n) is 18.5. The first-order chi connectivity index (χ1) is 14.3. The van der Waals surface area contributed by atoms with Gasteiger partial charge < -0.3 is 19.3 Å². The van der Waals surface area contributed by atoms with Gasteiger partial charge in [-0.25, -0.2) is 9.59 Å². The fourth-order valence-corrected chi connectivity index (χ4v) is 3.91. The Hall–Kier alpha value is -2.28. The number of likely N-dealkylation sites (tertiary alicyclic amines) is 1. The second kappa shape index (κ2) is 10.2. The van der Waals surface area contributed by atoms with Crippen LogP contribution < -0.4 is 0 Å². The first-order valence-corrected chi connectivity index (χ1v) is 11.0. The van der Waals surface area contributed by atoms with Crippen molar-refractivity contribution < 1.29 is 19.1 Å². The molecule has 0 spiro atoms. The molecule has 0 unspecified atom stereocenters. The summed E-state index contributed by atoms with van der Waals surface area (Å²) in [6.07, 6.45) is 1.56. The molecule has 0 radical (unpaired) electrons. The molecule has 30 heavy (non-hydrogen) atoms. The molecule has 0 aromatic heterocycles. The maximum absolute atomic E-state index is 12.3. The van der Waals surface area contributed by atoms with Crippen molar-refractivity contribution >= 4 is 12.2 Å². The number of carbonyl (C=O) groups excluding carboxylic acids is 2. The lowest BCUT2D eigenvalue weighted by molar-refractivity contribution is 0.0159. The van der Waals surface area contributed by atoms with Crippen LogP contribution in [0.5, 0.6) is 0 Å². The number of amides is 2. The third-order valence-electron chi connectivity index (χ3n) is 5.62. The standard InChI is InChI=1S/C23H35N3O4/c1-23(2,3)30-22(28)25-11-9-19(10-12-25)17-24-13-15-26(16-14-24)21(27)29-18-20-7-5-4-6-8-20/h4-8,19H,9-18H2,1-3H3. The molecule has 1 aromatic rings. The molecule has 2 saturated heterocycles. The summed E-state index contributed by atoms with van der Waals surface area (Å²) < 4.78 is 10.9. The summed E-state index contributed by atoms with van der Waals surface area (Å²) in [6, 6.07) is 9.75. The van der Waals surface area contributed by atoms with E-state index >= 15 is 0 Å². The lowest BCUT2D eigenvalue weighted by Gasteiger charge is -2.38. The van der Waals surface area contributed by atoms with Crippen molar-refractivity contribution in [2.75, 3.05) is 45.8 Å². The van der Waals surface area contributed by atoms with Gasteiger partial charge in [0.05, 0.1) is 0 Å². The highest BCUT2D eigenvalue weighted by atomic mass is 16.6. The molecule has 166 valence electrons. The zero-order chi connectivity index (χ0) is 21.6. The average molecular weight is 418 g/mol. The van der Waals surface area contributed by atoms with Gasteiger partial charge in [-0.05, 0) is 45.1 Å². The second-order valence-corrected chi connectivity index (χ2v) is 9.24. The number of nitrogens with zero attached hydrogens (tertiary/aromatic N) is 3. The highest BCUT2D eigenvalue weighted by molar-refractivity contribution is 5.68. The lowest BCUT2D eigenvalue weighted by Crippen LogP contribution is -2.51. The van der Waals surface area contributed by atoms with E-state index in [4.69, 9.17) is 9.47 Å². The number of hydrogen-bond donors (Lipinski definition) is 0. The van der Waals surface area contributed by atoms with Crippen molar-refractivity contribution in [3.05, 3.63) is 35.9 Å². The molecule has 0 N–H and O–H groups in total. The van der Waals surface area contributed by atoms with E-state index in [9.17, 15) is 9.59 Å². The van der Waals surface area contributed by atoms with Gasteiger partial charge in [0.2, 0.25) is 0 Å². The van der Waals surface area contributed by atoms with E-state index in [0.717, 1.165) is 51.1 Å². The summed E-state index contributed by atoms with van der Waals surface area (Å²) in [7, 11) is 0. The number of piperidine rings is 1. The van der Waals surface area contributed by atoms with Crippen LogP contribution in [0.15, 0.2) is 30.3 Å². The maximum Gasteiger partial charge on any atom is 0.410 e. The molecule has 0 saturated carbocycles. The van der Waals surface area contributed by atoms with Gasteiger partial charge in [-0.2, -0.15) is 0 Å². The molecule has 2 amide bonds. The minimum Gasteiger partial charge on any atom is -0.445 e. The largest absolute Gasteiger partial charge is 0.445 e. The molecule has 2 aliphatic heterocycles. The van der Waals surface area contributed by atoms with Crippen LogP contribution >= 0.6 is 0 Å². The number of carbonyl (C=O) groups is 2. The molecule has 2 fully saturated rings. The van der Waals surface area contributed by atoms with Crippen LogP contribution in [0.4, 0.5) is 9.59 Å². The summed E-state index contributed by atoms with van der Waals surface area (Å²) in [5.74, 6) is 0.584. The maximum atomic E-state index is 12.3. The van der Waals surface area contributed by atoms with E-state index in [1.165, 1.54) is 0 Å². The normalized spacial score (nSPS) is 18.9. The van der Waals surface area contributed by atoms with Crippen LogP contribution in [-0.2, 0) is 16.1 Å². The van der Waals surface area contributed by atoms with Gasteiger partial charge in [0.25, 0.3) is 0 Å². The van der Waals surface area contributed by atoms with E-state index in [-0.39, 0.29) is 12.2 Å². The van der Waals surface area contributed by atoms with E-state index in [2.05, 4.69) is 4.90 Å². The molecular weight excluding hydrogens is 382 g/mol. The van der Waals surface area contributed by atoms with Gasteiger partial charge >= 0.3 is 12.2 Å². The van der Waals surface area contributed by atoms with Gasteiger partial charge in [0.1, 0.15) is 12.2 Å². The van der Waals surface area contributed by atoms with Crippen LogP contribution in [0.25, 0.3) is 0 Å². The predicted molar refractivity (Wildman–Crippen MR) is 115 cm³/mol. The monoisotopic (exact) mass is 417 g/mol. The van der Waals surface area contributed by atoms with Gasteiger partial charge in [0, 0.05) is 45.8 Å². The summed E-state index contributed by atoms with van der Waals surface area (Å²) in [6.45, 7) is 11.7. The molecular formula is C23H35N3O4. The van der Waals surface area contributed by atoms with Crippen LogP contribution in [0.3, 0.4) is 0 Å². The second-order valence-electron chi connectivity index (χ2n) is 9.24.